The number of urea groups is 1. The fourth-order valence-electron chi connectivity index (χ4n) is 1.46. The predicted molar refractivity (Wildman–Crippen MR) is 71.4 cm³/mol. The molecule has 1 rings (SSSR count). The summed E-state index contributed by atoms with van der Waals surface area (Å²) < 4.78 is 4.93. The average molecular weight is 296 g/mol. The molecule has 0 radical (unpaired) electrons. The summed E-state index contributed by atoms with van der Waals surface area (Å²) in [4.78, 5) is 37.1. The highest BCUT2D eigenvalue weighted by Crippen LogP contribution is 2.07. The second-order valence-corrected chi connectivity index (χ2v) is 4.09. The Labute approximate surface area is 120 Å². The van der Waals surface area contributed by atoms with Crippen LogP contribution in [-0.2, 0) is 16.1 Å². The number of carbonyl (C=O) groups is 3. The molecule has 5 N–H and O–H groups in total. The van der Waals surface area contributed by atoms with Gasteiger partial charge in [0.1, 0.15) is 6.04 Å². The molecule has 1 aromatic rings. The first kappa shape index (κ1) is 16.2. The zero-order chi connectivity index (χ0) is 15.8. The lowest BCUT2D eigenvalue weighted by molar-refractivity contribution is -0.140. The molecule has 1 atom stereocenters. The lowest BCUT2D eigenvalue weighted by Crippen LogP contribution is -2.47. The third-order valence-corrected chi connectivity index (χ3v) is 2.47. The number of carboxylic acid groups (broad SMARTS) is 1. The fraction of sp³-hybridized carbons (Fsp3) is 0.333. The van der Waals surface area contributed by atoms with E-state index in [1.807, 2.05) is 0 Å². The van der Waals surface area contributed by atoms with Gasteiger partial charge in [-0.2, -0.15) is 0 Å². The molecular weight excluding hydrogens is 280 g/mol. The summed E-state index contributed by atoms with van der Waals surface area (Å²) in [7, 11) is 1.47. The van der Waals surface area contributed by atoms with Crippen molar-refractivity contribution in [1.82, 2.24) is 15.6 Å². The lowest BCUT2D eigenvalue weighted by atomic mass is 10.2. The fourth-order valence-corrected chi connectivity index (χ4v) is 1.46. The van der Waals surface area contributed by atoms with Crippen LogP contribution in [0.15, 0.2) is 18.3 Å². The van der Waals surface area contributed by atoms with Crippen molar-refractivity contribution in [2.45, 2.75) is 19.0 Å². The van der Waals surface area contributed by atoms with Crippen LogP contribution in [-0.4, -0.2) is 41.1 Å². The molecule has 21 heavy (non-hydrogen) atoms. The minimum atomic E-state index is -1.37. The van der Waals surface area contributed by atoms with E-state index in [4.69, 9.17) is 15.6 Å². The molecule has 9 nitrogen and oxygen atoms in total. The van der Waals surface area contributed by atoms with E-state index in [-0.39, 0.29) is 6.54 Å². The van der Waals surface area contributed by atoms with Gasteiger partial charge in [0, 0.05) is 18.8 Å². The van der Waals surface area contributed by atoms with E-state index in [9.17, 15) is 14.4 Å². The summed E-state index contributed by atoms with van der Waals surface area (Å²) in [6, 6.07) is 1.20. The van der Waals surface area contributed by atoms with Crippen molar-refractivity contribution in [2.75, 3.05) is 7.11 Å². The van der Waals surface area contributed by atoms with Crippen LogP contribution >= 0.6 is 0 Å². The largest absolute Gasteiger partial charge is 0.481 e. The smallest absolute Gasteiger partial charge is 0.326 e. The Morgan fingerprint density at radius 3 is 2.76 bits per heavy atom. The van der Waals surface area contributed by atoms with Gasteiger partial charge in [0.05, 0.1) is 13.5 Å². The summed E-state index contributed by atoms with van der Waals surface area (Å²) >= 11 is 0. The van der Waals surface area contributed by atoms with E-state index >= 15 is 0 Å². The molecule has 0 aromatic carbocycles. The molecule has 0 aliphatic carbocycles. The SMILES string of the molecule is COc1cc(CNC(=O)N[C@@H](CC(N)=O)C(=O)O)ccn1. The van der Waals surface area contributed by atoms with Gasteiger partial charge in [0.25, 0.3) is 0 Å². The van der Waals surface area contributed by atoms with Gasteiger partial charge < -0.3 is 26.2 Å². The number of rotatable bonds is 7. The minimum absolute atomic E-state index is 0.146. The first-order valence-electron chi connectivity index (χ1n) is 5.96. The lowest BCUT2D eigenvalue weighted by Gasteiger charge is -2.13. The van der Waals surface area contributed by atoms with E-state index in [1.54, 1.807) is 12.1 Å². The number of amides is 3. The maximum atomic E-state index is 11.6. The molecule has 0 bridgehead atoms. The quantitative estimate of drug-likeness (QED) is 0.519. The Hall–Kier alpha value is -2.84. The highest BCUT2D eigenvalue weighted by Gasteiger charge is 2.21. The van der Waals surface area contributed by atoms with Crippen molar-refractivity contribution in [1.29, 1.82) is 0 Å². The second-order valence-electron chi connectivity index (χ2n) is 4.09. The van der Waals surface area contributed by atoms with Gasteiger partial charge in [-0.1, -0.05) is 0 Å². The van der Waals surface area contributed by atoms with E-state index in [1.165, 1.54) is 13.3 Å². The highest BCUT2D eigenvalue weighted by atomic mass is 16.5. The molecular formula is C12H16N4O5. The van der Waals surface area contributed by atoms with Gasteiger partial charge in [0.2, 0.25) is 11.8 Å². The number of methoxy groups -OCH3 is 1. The maximum absolute atomic E-state index is 11.6. The molecule has 3 amide bonds. The number of ether oxygens (including phenoxy) is 1. The van der Waals surface area contributed by atoms with Gasteiger partial charge in [-0.3, -0.25) is 4.79 Å². The summed E-state index contributed by atoms with van der Waals surface area (Å²) in [6.45, 7) is 0.146. The van der Waals surface area contributed by atoms with Crippen molar-refractivity contribution in [3.8, 4) is 5.88 Å². The number of carboxylic acids is 1. The Morgan fingerprint density at radius 1 is 1.48 bits per heavy atom. The minimum Gasteiger partial charge on any atom is -0.481 e. The molecule has 0 unspecified atom stereocenters. The predicted octanol–water partition coefficient (Wildman–Crippen LogP) is -0.782. The van der Waals surface area contributed by atoms with Crippen molar-refractivity contribution in [2.24, 2.45) is 5.73 Å². The molecule has 9 heteroatoms. The van der Waals surface area contributed by atoms with Gasteiger partial charge in [0.15, 0.2) is 0 Å². The Morgan fingerprint density at radius 2 is 2.19 bits per heavy atom. The Bertz CT molecular complexity index is 534. The normalized spacial score (nSPS) is 11.3. The zero-order valence-electron chi connectivity index (χ0n) is 11.3. The van der Waals surface area contributed by atoms with Crippen molar-refractivity contribution in [3.63, 3.8) is 0 Å². The van der Waals surface area contributed by atoms with Crippen LogP contribution in [0.3, 0.4) is 0 Å². The van der Waals surface area contributed by atoms with Crippen LogP contribution in [0.5, 0.6) is 5.88 Å². The number of nitrogens with zero attached hydrogens (tertiary/aromatic N) is 1. The molecule has 1 heterocycles. The maximum Gasteiger partial charge on any atom is 0.326 e. The van der Waals surface area contributed by atoms with Crippen LogP contribution in [0.1, 0.15) is 12.0 Å². The summed E-state index contributed by atoms with van der Waals surface area (Å²) in [6.07, 6.45) is 1.03. The summed E-state index contributed by atoms with van der Waals surface area (Å²) in [5, 5.41) is 13.5. The topological polar surface area (TPSA) is 144 Å². The zero-order valence-corrected chi connectivity index (χ0v) is 11.3. The molecule has 0 saturated heterocycles. The summed E-state index contributed by atoms with van der Waals surface area (Å²) in [5.74, 6) is -1.76. The van der Waals surface area contributed by atoms with Gasteiger partial charge in [-0.05, 0) is 11.6 Å². The number of aromatic nitrogens is 1. The number of nitrogens with one attached hydrogen (secondary N) is 2. The van der Waals surface area contributed by atoms with Crippen LogP contribution in [0.4, 0.5) is 4.79 Å². The highest BCUT2D eigenvalue weighted by molar-refractivity contribution is 5.87. The van der Waals surface area contributed by atoms with Crippen LogP contribution in [0.25, 0.3) is 0 Å². The number of primary amides is 1. The molecule has 1 aromatic heterocycles. The van der Waals surface area contributed by atoms with Crippen LogP contribution < -0.4 is 21.1 Å². The number of carbonyl (C=O) groups excluding carboxylic acids is 2. The third kappa shape index (κ3) is 5.76. The molecule has 114 valence electrons. The van der Waals surface area contributed by atoms with Gasteiger partial charge >= 0.3 is 12.0 Å². The van der Waals surface area contributed by atoms with Crippen molar-refractivity contribution >= 4 is 17.9 Å². The van der Waals surface area contributed by atoms with E-state index in [2.05, 4.69) is 15.6 Å². The summed E-state index contributed by atoms with van der Waals surface area (Å²) in [5.41, 5.74) is 5.63. The Balaban J connectivity index is 2.52. The monoisotopic (exact) mass is 296 g/mol. The Kier molecular flexibility index (Phi) is 5.93. The van der Waals surface area contributed by atoms with Crippen LogP contribution in [0, 0.1) is 0 Å². The van der Waals surface area contributed by atoms with E-state index < -0.39 is 30.4 Å². The first-order chi connectivity index (χ1) is 9.92. The standard InChI is InChI=1S/C12H16N4O5/c1-21-10-4-7(2-3-14-10)6-15-12(20)16-8(11(18)19)5-9(13)17/h2-4,8H,5-6H2,1H3,(H2,13,17)(H,18,19)(H2,15,16,20)/t8-/m0/s1. The molecule has 0 saturated carbocycles. The van der Waals surface area contributed by atoms with E-state index in [0.717, 1.165) is 5.56 Å². The average Bonchev–Trinajstić information content (AvgIpc) is 2.44. The van der Waals surface area contributed by atoms with Gasteiger partial charge in [-0.15, -0.1) is 0 Å². The molecule has 0 spiro atoms. The van der Waals surface area contributed by atoms with Gasteiger partial charge in [-0.25, -0.2) is 14.6 Å². The molecule has 0 aliphatic heterocycles. The van der Waals surface area contributed by atoms with E-state index in [0.29, 0.717) is 5.88 Å². The number of aliphatic carboxylic acids is 1. The number of nitrogens with two attached hydrogens (primary N) is 1. The molecule has 0 fully saturated rings. The number of hydrogen-bond acceptors (Lipinski definition) is 5. The molecule has 0 aliphatic rings. The number of pyridine rings is 1. The number of hydrogen-bond donors (Lipinski definition) is 4. The van der Waals surface area contributed by atoms with Crippen molar-refractivity contribution < 1.29 is 24.2 Å². The second kappa shape index (κ2) is 7.68. The third-order valence-electron chi connectivity index (χ3n) is 2.47. The first-order valence-corrected chi connectivity index (χ1v) is 5.96. The van der Waals surface area contributed by atoms with Crippen LogP contribution in [0.2, 0.25) is 0 Å². The van der Waals surface area contributed by atoms with Crippen molar-refractivity contribution in [3.05, 3.63) is 23.9 Å².